The van der Waals surface area contributed by atoms with Gasteiger partial charge in [-0.2, -0.15) is 0 Å². The van der Waals surface area contributed by atoms with E-state index in [9.17, 15) is 4.79 Å². The number of carboxylic acids is 1. The topological polar surface area (TPSA) is 52.6 Å². The van der Waals surface area contributed by atoms with Crippen LogP contribution in [0.3, 0.4) is 0 Å². The third kappa shape index (κ3) is 1.59. The molecule has 2 fully saturated rings. The Hall–Kier alpha value is -0.610. The van der Waals surface area contributed by atoms with Gasteiger partial charge in [-0.3, -0.25) is 10.2 Å². The van der Waals surface area contributed by atoms with Crippen LogP contribution in [-0.4, -0.2) is 35.2 Å². The van der Waals surface area contributed by atoms with Gasteiger partial charge in [-0.1, -0.05) is 0 Å². The van der Waals surface area contributed by atoms with E-state index in [4.69, 9.17) is 5.11 Å². The quantitative estimate of drug-likeness (QED) is 0.615. The van der Waals surface area contributed by atoms with Crippen molar-refractivity contribution in [3.8, 4) is 0 Å². The van der Waals surface area contributed by atoms with Gasteiger partial charge in [-0.05, 0) is 18.8 Å². The zero-order chi connectivity index (χ0) is 8.55. The zero-order valence-electron chi connectivity index (χ0n) is 6.99. The molecule has 0 saturated carbocycles. The maximum absolute atomic E-state index is 10.4. The van der Waals surface area contributed by atoms with E-state index in [0.717, 1.165) is 25.4 Å². The molecule has 2 aliphatic heterocycles. The van der Waals surface area contributed by atoms with E-state index >= 15 is 0 Å². The monoisotopic (exact) mass is 170 g/mol. The molecule has 2 heterocycles. The normalized spacial score (nSPS) is 39.8. The first-order valence-corrected chi connectivity index (χ1v) is 4.47. The first-order chi connectivity index (χ1) is 5.74. The molecular weight excluding hydrogens is 156 g/mol. The molecule has 0 aromatic rings. The fourth-order valence-corrected chi connectivity index (χ4v) is 2.20. The second-order valence-electron chi connectivity index (χ2n) is 3.76. The fraction of sp³-hybridized carbons (Fsp3) is 0.875. The lowest BCUT2D eigenvalue weighted by atomic mass is 9.97. The van der Waals surface area contributed by atoms with Crippen molar-refractivity contribution in [3.05, 3.63) is 0 Å². The average Bonchev–Trinajstić information content (AvgIpc) is 2.29. The standard InChI is InChI=1S/C8H14N2O2/c11-8(12)4-7-3-6-1-2-10(5-6)9-7/h6-7,9H,1-5H2,(H,11,12). The molecule has 3 atom stereocenters. The molecule has 68 valence electrons. The molecule has 0 aromatic heterocycles. The van der Waals surface area contributed by atoms with Gasteiger partial charge in [-0.25, -0.2) is 5.01 Å². The van der Waals surface area contributed by atoms with E-state index in [0.29, 0.717) is 0 Å². The van der Waals surface area contributed by atoms with Gasteiger partial charge >= 0.3 is 5.97 Å². The minimum atomic E-state index is -0.699. The Kier molecular flexibility index (Phi) is 2.02. The molecule has 4 nitrogen and oxygen atoms in total. The summed E-state index contributed by atoms with van der Waals surface area (Å²) in [5, 5.41) is 10.8. The van der Waals surface area contributed by atoms with Crippen LogP contribution >= 0.6 is 0 Å². The predicted octanol–water partition coefficient (Wildman–Crippen LogP) is 0.0599. The molecule has 4 heteroatoms. The molecule has 3 unspecified atom stereocenters. The molecule has 2 rings (SSSR count). The maximum Gasteiger partial charge on any atom is 0.304 e. The predicted molar refractivity (Wildman–Crippen MR) is 43.5 cm³/mol. The van der Waals surface area contributed by atoms with Crippen LogP contribution < -0.4 is 5.43 Å². The van der Waals surface area contributed by atoms with Gasteiger partial charge in [0.1, 0.15) is 0 Å². The number of nitrogens with one attached hydrogen (secondary N) is 1. The largest absolute Gasteiger partial charge is 0.481 e. The fourth-order valence-electron chi connectivity index (χ4n) is 2.20. The minimum absolute atomic E-state index is 0.170. The lowest BCUT2D eigenvalue weighted by molar-refractivity contribution is -0.138. The average molecular weight is 170 g/mol. The third-order valence-corrected chi connectivity index (χ3v) is 2.69. The zero-order valence-corrected chi connectivity index (χ0v) is 6.99. The van der Waals surface area contributed by atoms with Gasteiger partial charge < -0.3 is 5.11 Å². The van der Waals surface area contributed by atoms with Crippen LogP contribution in [0.1, 0.15) is 19.3 Å². The van der Waals surface area contributed by atoms with Crippen molar-refractivity contribution in [2.75, 3.05) is 13.1 Å². The van der Waals surface area contributed by atoms with Crippen molar-refractivity contribution in [2.45, 2.75) is 25.3 Å². The highest BCUT2D eigenvalue weighted by Crippen LogP contribution is 2.25. The molecule has 2 bridgehead atoms. The summed E-state index contributed by atoms with van der Waals surface area (Å²) in [6, 6.07) is 0.170. The van der Waals surface area contributed by atoms with Crippen molar-refractivity contribution >= 4 is 5.97 Å². The van der Waals surface area contributed by atoms with E-state index in [-0.39, 0.29) is 12.5 Å². The molecule has 0 aromatic carbocycles. The van der Waals surface area contributed by atoms with Gasteiger partial charge in [0.2, 0.25) is 0 Å². The highest BCUT2D eigenvalue weighted by atomic mass is 16.4. The Morgan fingerprint density at radius 2 is 2.50 bits per heavy atom. The second-order valence-corrected chi connectivity index (χ2v) is 3.76. The number of hydrogen-bond acceptors (Lipinski definition) is 3. The maximum atomic E-state index is 10.4. The number of nitrogens with zero attached hydrogens (tertiary/aromatic N) is 1. The Morgan fingerprint density at radius 1 is 1.67 bits per heavy atom. The number of aliphatic carboxylic acids is 1. The van der Waals surface area contributed by atoms with Crippen molar-refractivity contribution in [1.82, 2.24) is 10.4 Å². The highest BCUT2D eigenvalue weighted by Gasteiger charge is 2.32. The number of rotatable bonds is 2. The van der Waals surface area contributed by atoms with Crippen LogP contribution in [0, 0.1) is 5.92 Å². The van der Waals surface area contributed by atoms with Gasteiger partial charge in [-0.15, -0.1) is 0 Å². The van der Waals surface area contributed by atoms with Gasteiger partial charge in [0.05, 0.1) is 6.42 Å². The smallest absolute Gasteiger partial charge is 0.304 e. The van der Waals surface area contributed by atoms with E-state index in [2.05, 4.69) is 10.4 Å². The summed E-state index contributed by atoms with van der Waals surface area (Å²) in [6.07, 6.45) is 2.51. The molecule has 2 N–H and O–H groups in total. The van der Waals surface area contributed by atoms with Crippen LogP contribution in [0.2, 0.25) is 0 Å². The number of carbonyl (C=O) groups is 1. The van der Waals surface area contributed by atoms with Crippen LogP contribution in [0.15, 0.2) is 0 Å². The summed E-state index contributed by atoms with van der Waals surface area (Å²) < 4.78 is 0. The number of carboxylic acid groups (broad SMARTS) is 1. The van der Waals surface area contributed by atoms with Crippen molar-refractivity contribution in [1.29, 1.82) is 0 Å². The lowest BCUT2D eigenvalue weighted by Crippen LogP contribution is -2.48. The van der Waals surface area contributed by atoms with Crippen LogP contribution in [-0.2, 0) is 4.79 Å². The van der Waals surface area contributed by atoms with E-state index in [1.165, 1.54) is 6.42 Å². The molecule has 0 spiro atoms. The van der Waals surface area contributed by atoms with Gasteiger partial charge in [0.25, 0.3) is 0 Å². The number of fused-ring (bicyclic) bond motifs is 2. The van der Waals surface area contributed by atoms with E-state index in [1.807, 2.05) is 0 Å². The molecule has 12 heavy (non-hydrogen) atoms. The van der Waals surface area contributed by atoms with Crippen molar-refractivity contribution in [2.24, 2.45) is 5.92 Å². The summed E-state index contributed by atoms with van der Waals surface area (Å²) in [5.41, 5.74) is 3.23. The first kappa shape index (κ1) is 8.01. The van der Waals surface area contributed by atoms with E-state index in [1.54, 1.807) is 0 Å². The molecule has 2 saturated heterocycles. The second kappa shape index (κ2) is 3.03. The third-order valence-electron chi connectivity index (χ3n) is 2.69. The summed E-state index contributed by atoms with van der Waals surface area (Å²) in [7, 11) is 0. The molecule has 0 amide bonds. The Bertz CT molecular complexity index is 183. The van der Waals surface area contributed by atoms with Gasteiger partial charge in [0.15, 0.2) is 0 Å². The van der Waals surface area contributed by atoms with Crippen molar-refractivity contribution in [3.63, 3.8) is 0 Å². The Morgan fingerprint density at radius 3 is 3.17 bits per heavy atom. The number of hydrazine groups is 1. The molecule has 0 radical (unpaired) electrons. The Balaban J connectivity index is 1.89. The van der Waals surface area contributed by atoms with Crippen LogP contribution in [0.25, 0.3) is 0 Å². The summed E-state index contributed by atoms with van der Waals surface area (Å²) in [4.78, 5) is 10.4. The summed E-state index contributed by atoms with van der Waals surface area (Å²) in [5.74, 6) is 0.0330. The highest BCUT2D eigenvalue weighted by molar-refractivity contribution is 5.67. The van der Waals surface area contributed by atoms with Gasteiger partial charge in [0, 0.05) is 19.1 Å². The molecular formula is C8H14N2O2. The van der Waals surface area contributed by atoms with Crippen molar-refractivity contribution < 1.29 is 9.90 Å². The number of hydrogen-bond donors (Lipinski definition) is 2. The van der Waals surface area contributed by atoms with E-state index < -0.39 is 5.97 Å². The lowest BCUT2D eigenvalue weighted by Gasteiger charge is -2.30. The minimum Gasteiger partial charge on any atom is -0.481 e. The van der Waals surface area contributed by atoms with Crippen LogP contribution in [0.5, 0.6) is 0 Å². The summed E-state index contributed by atoms with van der Waals surface area (Å²) in [6.45, 7) is 2.19. The summed E-state index contributed by atoms with van der Waals surface area (Å²) >= 11 is 0. The molecule has 0 aliphatic carbocycles. The Labute approximate surface area is 71.5 Å². The SMILES string of the molecule is O=C(O)CC1CC2CCN(C2)N1. The first-order valence-electron chi connectivity index (χ1n) is 4.47. The molecule has 2 aliphatic rings. The van der Waals surface area contributed by atoms with Crippen LogP contribution in [0.4, 0.5) is 0 Å².